The molecule has 0 saturated carbocycles. The smallest absolute Gasteiger partial charge is 0.257 e. The maximum Gasteiger partial charge on any atom is 0.257 e. The third-order valence-electron chi connectivity index (χ3n) is 3.40. The van der Waals surface area contributed by atoms with Crippen LogP contribution in [0.4, 0.5) is 0 Å². The Balaban J connectivity index is 2.25. The zero-order chi connectivity index (χ0) is 17.2. The molecule has 0 aliphatic carbocycles. The normalized spacial score (nSPS) is 11.9. The van der Waals surface area contributed by atoms with E-state index in [1.54, 1.807) is 26.5 Å². The molecule has 2 heterocycles. The van der Waals surface area contributed by atoms with Gasteiger partial charge in [-0.15, -0.1) is 0 Å². The summed E-state index contributed by atoms with van der Waals surface area (Å²) >= 11 is 3.31. The standard InChI is InChI=1S/C15H23BrN4O2Si/c1-19(2)15(21)11-9-20(10-22-6-7-23(3,4)5)14-13(11)18-12(16)8-17-14/h8-9H,6-7,10H2,1-5H3. The zero-order valence-corrected chi connectivity index (χ0v) is 16.8. The van der Waals surface area contributed by atoms with Crippen molar-refractivity contribution in [2.75, 3.05) is 20.7 Å². The van der Waals surface area contributed by atoms with Crippen LogP contribution in [0.2, 0.25) is 25.7 Å². The van der Waals surface area contributed by atoms with Crippen LogP contribution in [0.3, 0.4) is 0 Å². The predicted molar refractivity (Wildman–Crippen MR) is 97.4 cm³/mol. The summed E-state index contributed by atoms with van der Waals surface area (Å²) in [6, 6.07) is 1.10. The maximum absolute atomic E-state index is 12.3. The van der Waals surface area contributed by atoms with Crippen LogP contribution in [0.25, 0.3) is 11.2 Å². The molecule has 126 valence electrons. The summed E-state index contributed by atoms with van der Waals surface area (Å²) in [4.78, 5) is 22.7. The maximum atomic E-state index is 12.3. The summed E-state index contributed by atoms with van der Waals surface area (Å²) in [6.45, 7) is 8.04. The average molecular weight is 399 g/mol. The van der Waals surface area contributed by atoms with Gasteiger partial charge in [0.2, 0.25) is 0 Å². The van der Waals surface area contributed by atoms with Crippen LogP contribution in [0.1, 0.15) is 10.4 Å². The fourth-order valence-corrected chi connectivity index (χ4v) is 3.10. The van der Waals surface area contributed by atoms with Crippen LogP contribution in [-0.4, -0.2) is 54.1 Å². The van der Waals surface area contributed by atoms with Crippen molar-refractivity contribution in [2.45, 2.75) is 32.4 Å². The molecule has 0 spiro atoms. The van der Waals surface area contributed by atoms with Crippen molar-refractivity contribution >= 4 is 41.1 Å². The van der Waals surface area contributed by atoms with Gasteiger partial charge in [0, 0.05) is 35.0 Å². The third kappa shape index (κ3) is 4.62. The number of nitrogens with zero attached hydrogens (tertiary/aromatic N) is 4. The van der Waals surface area contributed by atoms with E-state index in [0.29, 0.717) is 28.1 Å². The molecule has 0 N–H and O–H groups in total. The monoisotopic (exact) mass is 398 g/mol. The fourth-order valence-electron chi connectivity index (χ4n) is 2.07. The average Bonchev–Trinajstić information content (AvgIpc) is 2.79. The Hall–Kier alpha value is -1.25. The quantitative estimate of drug-likeness (QED) is 0.553. The van der Waals surface area contributed by atoms with Crippen LogP contribution >= 0.6 is 15.9 Å². The molecular formula is C15H23BrN4O2Si. The molecule has 0 bridgehead atoms. The number of hydrogen-bond acceptors (Lipinski definition) is 4. The number of amides is 1. The van der Waals surface area contributed by atoms with Gasteiger partial charge in [-0.3, -0.25) is 4.79 Å². The SMILES string of the molecule is CN(C)C(=O)c1cn(COCC[Si](C)(C)C)c2ncc(Br)nc12. The Morgan fingerprint density at radius 3 is 2.70 bits per heavy atom. The summed E-state index contributed by atoms with van der Waals surface area (Å²) in [5.41, 5.74) is 1.78. The van der Waals surface area contributed by atoms with Crippen LogP contribution in [0, 0.1) is 0 Å². The second kappa shape index (κ2) is 7.10. The molecule has 0 radical (unpaired) electrons. The molecule has 0 aliphatic heterocycles. The lowest BCUT2D eigenvalue weighted by Gasteiger charge is -2.15. The van der Waals surface area contributed by atoms with E-state index in [9.17, 15) is 4.79 Å². The molecule has 2 aromatic rings. The van der Waals surface area contributed by atoms with Gasteiger partial charge in [0.1, 0.15) is 16.9 Å². The number of hydrogen-bond donors (Lipinski definition) is 0. The van der Waals surface area contributed by atoms with Gasteiger partial charge in [0.15, 0.2) is 5.65 Å². The van der Waals surface area contributed by atoms with Gasteiger partial charge in [-0.2, -0.15) is 0 Å². The van der Waals surface area contributed by atoms with Crippen molar-refractivity contribution in [1.82, 2.24) is 19.4 Å². The minimum Gasteiger partial charge on any atom is -0.361 e. The summed E-state index contributed by atoms with van der Waals surface area (Å²) in [5.74, 6) is -0.0942. The number of rotatable bonds is 6. The Bertz CT molecular complexity index is 709. The van der Waals surface area contributed by atoms with E-state index >= 15 is 0 Å². The Labute approximate surface area is 146 Å². The summed E-state index contributed by atoms with van der Waals surface area (Å²) in [5, 5.41) is 0. The van der Waals surface area contributed by atoms with Crippen molar-refractivity contribution in [1.29, 1.82) is 0 Å². The minimum atomic E-state index is -1.11. The molecule has 0 saturated heterocycles. The van der Waals surface area contributed by atoms with E-state index in [0.717, 1.165) is 12.7 Å². The van der Waals surface area contributed by atoms with Crippen LogP contribution in [-0.2, 0) is 11.5 Å². The van der Waals surface area contributed by atoms with E-state index in [4.69, 9.17) is 4.74 Å². The number of fused-ring (bicyclic) bond motifs is 1. The molecule has 0 aromatic carbocycles. The van der Waals surface area contributed by atoms with Gasteiger partial charge in [0.05, 0.1) is 11.8 Å². The molecule has 0 aliphatic rings. The van der Waals surface area contributed by atoms with E-state index in [-0.39, 0.29) is 5.91 Å². The first-order valence-corrected chi connectivity index (χ1v) is 12.0. The third-order valence-corrected chi connectivity index (χ3v) is 5.49. The van der Waals surface area contributed by atoms with Gasteiger partial charge < -0.3 is 14.2 Å². The molecule has 0 fully saturated rings. The topological polar surface area (TPSA) is 60.2 Å². The summed E-state index contributed by atoms with van der Waals surface area (Å²) in [7, 11) is 2.33. The highest BCUT2D eigenvalue weighted by atomic mass is 79.9. The summed E-state index contributed by atoms with van der Waals surface area (Å²) in [6.07, 6.45) is 3.40. The summed E-state index contributed by atoms with van der Waals surface area (Å²) < 4.78 is 8.23. The van der Waals surface area contributed by atoms with E-state index in [2.05, 4.69) is 45.5 Å². The molecular weight excluding hydrogens is 376 g/mol. The number of carbonyl (C=O) groups is 1. The number of aromatic nitrogens is 3. The van der Waals surface area contributed by atoms with Crippen molar-refractivity contribution in [3.8, 4) is 0 Å². The number of ether oxygens (including phenoxy) is 1. The largest absolute Gasteiger partial charge is 0.361 e. The van der Waals surface area contributed by atoms with Crippen molar-refractivity contribution in [3.05, 3.63) is 22.6 Å². The molecule has 0 unspecified atom stereocenters. The minimum absolute atomic E-state index is 0.0942. The molecule has 2 aromatic heterocycles. The van der Waals surface area contributed by atoms with Gasteiger partial charge >= 0.3 is 0 Å². The highest BCUT2D eigenvalue weighted by Crippen LogP contribution is 2.21. The Morgan fingerprint density at radius 1 is 1.39 bits per heavy atom. The molecule has 0 atom stereocenters. The highest BCUT2D eigenvalue weighted by Gasteiger charge is 2.19. The molecule has 2 rings (SSSR count). The first-order valence-electron chi connectivity index (χ1n) is 7.50. The van der Waals surface area contributed by atoms with Crippen LogP contribution in [0.5, 0.6) is 0 Å². The fraction of sp³-hybridized carbons (Fsp3) is 0.533. The number of halogens is 1. The Kier molecular flexibility index (Phi) is 5.59. The molecule has 6 nitrogen and oxygen atoms in total. The lowest BCUT2D eigenvalue weighted by molar-refractivity contribution is 0.0822. The second-order valence-corrected chi connectivity index (χ2v) is 13.4. The first-order chi connectivity index (χ1) is 10.7. The Morgan fingerprint density at radius 2 is 2.09 bits per heavy atom. The highest BCUT2D eigenvalue weighted by molar-refractivity contribution is 9.10. The predicted octanol–water partition coefficient (Wildman–Crippen LogP) is 3.21. The number of carbonyl (C=O) groups excluding carboxylic acids is 1. The van der Waals surface area contributed by atoms with Gasteiger partial charge in [-0.1, -0.05) is 19.6 Å². The van der Waals surface area contributed by atoms with Gasteiger partial charge in [0.25, 0.3) is 5.91 Å². The molecule has 23 heavy (non-hydrogen) atoms. The van der Waals surface area contributed by atoms with E-state index < -0.39 is 8.07 Å². The van der Waals surface area contributed by atoms with Gasteiger partial charge in [-0.05, 0) is 22.0 Å². The van der Waals surface area contributed by atoms with Crippen LogP contribution < -0.4 is 0 Å². The van der Waals surface area contributed by atoms with Crippen molar-refractivity contribution in [2.24, 2.45) is 0 Å². The van der Waals surface area contributed by atoms with Crippen LogP contribution in [0.15, 0.2) is 17.0 Å². The van der Waals surface area contributed by atoms with E-state index in [1.807, 2.05) is 4.57 Å². The van der Waals surface area contributed by atoms with E-state index in [1.165, 1.54) is 4.90 Å². The molecule has 8 heteroatoms. The van der Waals surface area contributed by atoms with Gasteiger partial charge in [-0.25, -0.2) is 9.97 Å². The lowest BCUT2D eigenvalue weighted by Crippen LogP contribution is -2.22. The van der Waals surface area contributed by atoms with Crippen molar-refractivity contribution in [3.63, 3.8) is 0 Å². The molecule has 1 amide bonds. The first kappa shape index (κ1) is 18.1. The van der Waals surface area contributed by atoms with Crippen molar-refractivity contribution < 1.29 is 9.53 Å². The zero-order valence-electron chi connectivity index (χ0n) is 14.3. The second-order valence-electron chi connectivity index (χ2n) is 6.93. The lowest BCUT2D eigenvalue weighted by atomic mass is 10.3.